The van der Waals surface area contributed by atoms with E-state index in [9.17, 15) is 5.11 Å². The first-order valence-corrected chi connectivity index (χ1v) is 9.71. The van der Waals surface area contributed by atoms with Crippen molar-refractivity contribution >= 4 is 8.15 Å². The zero-order valence-corrected chi connectivity index (χ0v) is 15.6. The van der Waals surface area contributed by atoms with Gasteiger partial charge in [-0.25, -0.2) is 0 Å². The lowest BCUT2D eigenvalue weighted by Crippen LogP contribution is -2.73. The highest BCUT2D eigenvalue weighted by molar-refractivity contribution is 7.55. The van der Waals surface area contributed by atoms with Crippen molar-refractivity contribution in [2.45, 2.75) is 76.0 Å². The molecule has 0 aliphatic carbocycles. The van der Waals surface area contributed by atoms with Gasteiger partial charge in [-0.3, -0.25) is 4.74 Å². The predicted octanol–water partition coefficient (Wildman–Crippen LogP) is 3.34. The van der Waals surface area contributed by atoms with Gasteiger partial charge in [0, 0.05) is 13.8 Å². The molecule has 4 fully saturated rings. The Kier molecular flexibility index (Phi) is 3.68. The SMILES string of the molecule is CC12CC3(C)[OH+]C(C)(CC(C)(O1)P3OCc1ccccc1CO)O2. The standard InChI is InChI=1S/C18H25O5P/c1-15-11-17(3)23-16(2,21-15)12-18(4,22-15)24(17)20-10-14-8-6-5-7-13(14)9-19/h5-8,19H,9-12H2,1-4H3/p+1. The Bertz CT molecular complexity index is 619. The van der Waals surface area contributed by atoms with E-state index in [2.05, 4.69) is 20.8 Å². The molecule has 0 amide bonds. The van der Waals surface area contributed by atoms with Crippen LogP contribution in [0.1, 0.15) is 51.7 Å². The van der Waals surface area contributed by atoms with Crippen LogP contribution in [0, 0.1) is 0 Å². The Morgan fingerprint density at radius 2 is 1.83 bits per heavy atom. The fraction of sp³-hybridized carbons (Fsp3) is 0.667. The first kappa shape index (κ1) is 16.9. The average molecular weight is 353 g/mol. The van der Waals surface area contributed by atoms with Crippen LogP contribution in [0.2, 0.25) is 0 Å². The number of hydrogen-bond donors (Lipinski definition) is 1. The van der Waals surface area contributed by atoms with Crippen molar-refractivity contribution in [2.24, 2.45) is 0 Å². The molecular formula is C18H26O5P+. The van der Waals surface area contributed by atoms with E-state index in [0.29, 0.717) is 6.61 Å². The second kappa shape index (κ2) is 5.23. The molecule has 0 saturated carbocycles. The monoisotopic (exact) mass is 353 g/mol. The lowest BCUT2D eigenvalue weighted by atomic mass is 9.98. The summed E-state index contributed by atoms with van der Waals surface area (Å²) in [5.41, 5.74) is 1.94. The Hall–Kier alpha value is -0.550. The molecule has 4 aliphatic heterocycles. The Morgan fingerprint density at radius 1 is 1.12 bits per heavy atom. The van der Waals surface area contributed by atoms with Crippen molar-refractivity contribution < 1.29 is 23.8 Å². The van der Waals surface area contributed by atoms with E-state index in [1.165, 1.54) is 0 Å². The van der Waals surface area contributed by atoms with Crippen molar-refractivity contribution in [2.75, 3.05) is 0 Å². The maximum absolute atomic E-state index is 9.52. The van der Waals surface area contributed by atoms with Gasteiger partial charge < -0.3 is 19.1 Å². The molecule has 4 bridgehead atoms. The zero-order chi connectivity index (χ0) is 17.2. The molecule has 0 radical (unpaired) electrons. The normalized spacial score (nSPS) is 46.5. The predicted molar refractivity (Wildman–Crippen MR) is 91.3 cm³/mol. The minimum absolute atomic E-state index is 0.0247. The summed E-state index contributed by atoms with van der Waals surface area (Å²) in [4.78, 5) is 0. The Balaban J connectivity index is 1.60. The molecule has 5 atom stereocenters. The molecule has 4 heterocycles. The fourth-order valence-electron chi connectivity index (χ4n) is 4.93. The zero-order valence-electron chi connectivity index (χ0n) is 14.7. The minimum Gasteiger partial charge on any atom is -0.398 e. The number of aliphatic hydroxyl groups is 3. The van der Waals surface area contributed by atoms with Crippen LogP contribution in [0.5, 0.6) is 0 Å². The molecule has 2 N–H and O–H groups in total. The Labute approximate surface area is 144 Å². The second-order valence-electron chi connectivity index (χ2n) is 7.86. The van der Waals surface area contributed by atoms with Crippen LogP contribution >= 0.6 is 8.15 Å². The summed E-state index contributed by atoms with van der Waals surface area (Å²) >= 11 is 0. The molecule has 6 heteroatoms. The van der Waals surface area contributed by atoms with Gasteiger partial charge in [-0.1, -0.05) is 24.3 Å². The molecule has 1 aromatic carbocycles. The van der Waals surface area contributed by atoms with E-state index in [0.717, 1.165) is 24.0 Å². The topological polar surface area (TPSA) is 60.7 Å². The lowest BCUT2D eigenvalue weighted by molar-refractivity contribution is -0.516. The van der Waals surface area contributed by atoms with Gasteiger partial charge in [0.05, 0.1) is 26.1 Å². The first-order chi connectivity index (χ1) is 11.2. The molecule has 5 nitrogen and oxygen atoms in total. The molecule has 5 rings (SSSR count). The fourth-order valence-corrected chi connectivity index (χ4v) is 8.21. The van der Waals surface area contributed by atoms with Gasteiger partial charge in [-0.15, -0.1) is 0 Å². The van der Waals surface area contributed by atoms with Gasteiger partial charge in [0.15, 0.2) is 13.9 Å². The maximum atomic E-state index is 9.52. The molecule has 4 aliphatic rings. The highest BCUT2D eigenvalue weighted by atomic mass is 31.1. The van der Waals surface area contributed by atoms with Gasteiger partial charge in [0.2, 0.25) is 5.34 Å². The van der Waals surface area contributed by atoms with Gasteiger partial charge in [0.1, 0.15) is 5.34 Å². The van der Waals surface area contributed by atoms with Crippen LogP contribution in [0.15, 0.2) is 24.3 Å². The van der Waals surface area contributed by atoms with Crippen molar-refractivity contribution in [1.29, 1.82) is 0 Å². The highest BCUT2D eigenvalue weighted by Gasteiger charge is 2.76. The summed E-state index contributed by atoms with van der Waals surface area (Å²) in [5, 5.41) is 8.89. The molecular weight excluding hydrogens is 327 g/mol. The van der Waals surface area contributed by atoms with Crippen molar-refractivity contribution in [3.8, 4) is 0 Å². The molecule has 24 heavy (non-hydrogen) atoms. The van der Waals surface area contributed by atoms with E-state index in [1.54, 1.807) is 0 Å². The van der Waals surface area contributed by atoms with E-state index in [4.69, 9.17) is 18.7 Å². The Morgan fingerprint density at radius 3 is 2.46 bits per heavy atom. The van der Waals surface area contributed by atoms with Gasteiger partial charge in [-0.05, 0) is 25.0 Å². The van der Waals surface area contributed by atoms with Gasteiger partial charge >= 0.3 is 0 Å². The maximum Gasteiger partial charge on any atom is 0.277 e. The molecule has 0 spiro atoms. The smallest absolute Gasteiger partial charge is 0.277 e. The van der Waals surface area contributed by atoms with Crippen molar-refractivity contribution in [3.63, 3.8) is 0 Å². The van der Waals surface area contributed by atoms with Gasteiger partial charge in [0.25, 0.3) is 5.79 Å². The largest absolute Gasteiger partial charge is 0.398 e. The quantitative estimate of drug-likeness (QED) is 0.666. The van der Waals surface area contributed by atoms with Crippen LogP contribution in [-0.4, -0.2) is 32.1 Å². The lowest BCUT2D eigenvalue weighted by Gasteiger charge is -2.65. The molecule has 1 aromatic rings. The average Bonchev–Trinajstić information content (AvgIpc) is 2.42. The third kappa shape index (κ3) is 2.54. The molecule has 4 saturated heterocycles. The summed E-state index contributed by atoms with van der Waals surface area (Å²) < 4.78 is 23.9. The summed E-state index contributed by atoms with van der Waals surface area (Å²) in [6, 6.07) is 7.85. The molecule has 132 valence electrons. The van der Waals surface area contributed by atoms with E-state index >= 15 is 0 Å². The van der Waals surface area contributed by atoms with Crippen LogP contribution in [-0.2, 0) is 27.2 Å². The van der Waals surface area contributed by atoms with Crippen LogP contribution in [0.3, 0.4) is 0 Å². The summed E-state index contributed by atoms with van der Waals surface area (Å²) in [6.07, 6.45) is 1.44. The third-order valence-corrected chi connectivity index (χ3v) is 7.80. The summed E-state index contributed by atoms with van der Waals surface area (Å²) in [7, 11) is -0.925. The van der Waals surface area contributed by atoms with Crippen molar-refractivity contribution in [1.82, 2.24) is 0 Å². The van der Waals surface area contributed by atoms with E-state index in [1.807, 2.05) is 31.2 Å². The molecule has 0 aromatic heterocycles. The third-order valence-electron chi connectivity index (χ3n) is 5.17. The van der Waals surface area contributed by atoms with E-state index < -0.39 is 19.7 Å². The minimum atomic E-state index is -0.925. The number of aliphatic hydroxyl groups excluding tert-OH is 1. The first-order valence-electron chi connectivity index (χ1n) is 8.45. The van der Waals surface area contributed by atoms with E-state index in [-0.39, 0.29) is 17.3 Å². The highest BCUT2D eigenvalue weighted by Crippen LogP contribution is 2.75. The second-order valence-corrected chi connectivity index (χ2v) is 10.6. The van der Waals surface area contributed by atoms with Crippen LogP contribution in [0.4, 0.5) is 0 Å². The van der Waals surface area contributed by atoms with Crippen LogP contribution < -0.4 is 0 Å². The number of benzene rings is 1. The summed E-state index contributed by atoms with van der Waals surface area (Å²) in [5.74, 6) is -1.07. The van der Waals surface area contributed by atoms with Crippen LogP contribution in [0.25, 0.3) is 0 Å². The summed E-state index contributed by atoms with van der Waals surface area (Å²) in [6.45, 7) is 8.88. The number of hydrogen-bond acceptors (Lipinski definition) is 4. The van der Waals surface area contributed by atoms with Gasteiger partial charge in [-0.2, -0.15) is 0 Å². The van der Waals surface area contributed by atoms with Crippen molar-refractivity contribution in [3.05, 3.63) is 35.4 Å². The number of ether oxygens (including phenoxy) is 3. The number of rotatable bonds is 4. The molecule has 5 unspecified atom stereocenters.